The molecule has 0 aliphatic carbocycles. The maximum Gasteiger partial charge on any atom is 0.316 e. The standard InChI is InChI=1S/C24H20ClN3O3S/c1-30-21-14-8-7-13-20(21)28-23(18-11-5-6-12-19(18)25)26-27-24(28)32-16-22(29)31-15-17-9-3-2-4-10-17/h2-14H,15-16H2,1H3. The molecule has 0 fully saturated rings. The second-order valence-corrected chi connectivity index (χ2v) is 8.08. The molecule has 0 N–H and O–H groups in total. The highest BCUT2D eigenvalue weighted by atomic mass is 35.5. The van der Waals surface area contributed by atoms with Crippen LogP contribution in [0.1, 0.15) is 5.56 Å². The van der Waals surface area contributed by atoms with Crippen LogP contribution in [-0.2, 0) is 16.1 Å². The van der Waals surface area contributed by atoms with Crippen LogP contribution < -0.4 is 4.74 Å². The molecule has 0 saturated heterocycles. The molecule has 1 heterocycles. The van der Waals surface area contributed by atoms with Crippen molar-refractivity contribution >= 4 is 29.3 Å². The fourth-order valence-electron chi connectivity index (χ4n) is 3.12. The first-order chi connectivity index (χ1) is 15.7. The van der Waals surface area contributed by atoms with E-state index in [4.69, 9.17) is 21.1 Å². The zero-order valence-electron chi connectivity index (χ0n) is 17.3. The molecule has 32 heavy (non-hydrogen) atoms. The number of esters is 1. The summed E-state index contributed by atoms with van der Waals surface area (Å²) in [5, 5.41) is 9.78. The Bertz CT molecular complexity index is 1210. The number of para-hydroxylation sites is 2. The maximum atomic E-state index is 12.3. The van der Waals surface area contributed by atoms with Crippen molar-refractivity contribution in [1.29, 1.82) is 0 Å². The molecule has 0 bridgehead atoms. The van der Waals surface area contributed by atoms with E-state index < -0.39 is 0 Å². The largest absolute Gasteiger partial charge is 0.495 e. The van der Waals surface area contributed by atoms with Gasteiger partial charge in [0.1, 0.15) is 12.4 Å². The summed E-state index contributed by atoms with van der Waals surface area (Å²) >= 11 is 7.68. The van der Waals surface area contributed by atoms with Gasteiger partial charge in [0.2, 0.25) is 0 Å². The molecule has 0 radical (unpaired) electrons. The van der Waals surface area contributed by atoms with E-state index >= 15 is 0 Å². The number of thioether (sulfide) groups is 1. The molecule has 6 nitrogen and oxygen atoms in total. The Balaban J connectivity index is 1.61. The number of benzene rings is 3. The van der Waals surface area contributed by atoms with E-state index in [1.165, 1.54) is 11.8 Å². The summed E-state index contributed by atoms with van der Waals surface area (Å²) in [4.78, 5) is 12.3. The SMILES string of the molecule is COc1ccccc1-n1c(SCC(=O)OCc2ccccc2)nnc1-c1ccccc1Cl. The number of aromatic nitrogens is 3. The van der Waals surface area contributed by atoms with Crippen molar-refractivity contribution in [2.24, 2.45) is 0 Å². The van der Waals surface area contributed by atoms with Crippen LogP contribution in [0.15, 0.2) is 84.0 Å². The minimum atomic E-state index is -0.340. The van der Waals surface area contributed by atoms with Crippen molar-refractivity contribution in [3.05, 3.63) is 89.4 Å². The van der Waals surface area contributed by atoms with Gasteiger partial charge in [0.15, 0.2) is 11.0 Å². The van der Waals surface area contributed by atoms with Crippen LogP contribution in [0.25, 0.3) is 17.1 Å². The van der Waals surface area contributed by atoms with Gasteiger partial charge in [-0.2, -0.15) is 0 Å². The van der Waals surface area contributed by atoms with Crippen molar-refractivity contribution < 1.29 is 14.3 Å². The third kappa shape index (κ3) is 4.95. The molecule has 3 aromatic carbocycles. The molecule has 4 rings (SSSR count). The normalized spacial score (nSPS) is 10.7. The van der Waals surface area contributed by atoms with Gasteiger partial charge in [0.05, 0.1) is 23.6 Å². The highest BCUT2D eigenvalue weighted by Gasteiger charge is 2.21. The third-order valence-corrected chi connectivity index (χ3v) is 5.87. The van der Waals surface area contributed by atoms with Gasteiger partial charge in [-0.05, 0) is 29.8 Å². The molecule has 162 valence electrons. The van der Waals surface area contributed by atoms with Crippen LogP contribution in [-0.4, -0.2) is 33.6 Å². The summed E-state index contributed by atoms with van der Waals surface area (Å²) in [5.74, 6) is 0.949. The Morgan fingerprint density at radius 2 is 1.69 bits per heavy atom. The lowest BCUT2D eigenvalue weighted by Gasteiger charge is -2.14. The predicted octanol–water partition coefficient (Wildman–Crippen LogP) is 5.43. The second-order valence-electron chi connectivity index (χ2n) is 6.73. The number of carbonyl (C=O) groups is 1. The molecule has 0 saturated carbocycles. The molecule has 0 amide bonds. The van der Waals surface area contributed by atoms with Crippen LogP contribution in [0.2, 0.25) is 5.02 Å². The number of ether oxygens (including phenoxy) is 2. The van der Waals surface area contributed by atoms with Crippen molar-refractivity contribution in [3.8, 4) is 22.8 Å². The maximum absolute atomic E-state index is 12.3. The summed E-state index contributed by atoms with van der Waals surface area (Å²) in [5.41, 5.74) is 2.41. The number of hydrogen-bond donors (Lipinski definition) is 0. The Morgan fingerprint density at radius 1 is 0.969 bits per heavy atom. The lowest BCUT2D eigenvalue weighted by molar-refractivity contribution is -0.141. The molecule has 0 spiro atoms. The number of methoxy groups -OCH3 is 1. The van der Waals surface area contributed by atoms with Crippen LogP contribution in [0.3, 0.4) is 0 Å². The average molecular weight is 466 g/mol. The van der Waals surface area contributed by atoms with Gasteiger partial charge in [0, 0.05) is 5.56 Å². The van der Waals surface area contributed by atoms with Crippen LogP contribution >= 0.6 is 23.4 Å². The van der Waals surface area contributed by atoms with Crippen LogP contribution in [0, 0.1) is 0 Å². The van der Waals surface area contributed by atoms with Gasteiger partial charge < -0.3 is 9.47 Å². The minimum absolute atomic E-state index is 0.0860. The van der Waals surface area contributed by atoms with Gasteiger partial charge >= 0.3 is 5.97 Å². The number of carbonyl (C=O) groups excluding carboxylic acids is 1. The average Bonchev–Trinajstić information content (AvgIpc) is 3.25. The van der Waals surface area contributed by atoms with Gasteiger partial charge in [-0.15, -0.1) is 10.2 Å². The smallest absolute Gasteiger partial charge is 0.316 e. The van der Waals surface area contributed by atoms with Crippen molar-refractivity contribution in [1.82, 2.24) is 14.8 Å². The molecule has 0 unspecified atom stereocenters. The van der Waals surface area contributed by atoms with Crippen molar-refractivity contribution in [2.75, 3.05) is 12.9 Å². The number of halogens is 1. The number of rotatable bonds is 8. The lowest BCUT2D eigenvalue weighted by Crippen LogP contribution is -2.09. The van der Waals surface area contributed by atoms with Crippen LogP contribution in [0.5, 0.6) is 5.75 Å². The fourth-order valence-corrected chi connectivity index (χ4v) is 4.08. The van der Waals surface area contributed by atoms with Crippen LogP contribution in [0.4, 0.5) is 0 Å². The lowest BCUT2D eigenvalue weighted by atomic mass is 10.2. The van der Waals surface area contributed by atoms with E-state index in [9.17, 15) is 4.79 Å². The summed E-state index contributed by atoms with van der Waals surface area (Å²) < 4.78 is 12.8. The molecule has 0 aliphatic heterocycles. The van der Waals surface area contributed by atoms with E-state index in [-0.39, 0.29) is 18.3 Å². The summed E-state index contributed by atoms with van der Waals surface area (Å²) in [6.07, 6.45) is 0. The second kappa shape index (κ2) is 10.3. The first kappa shape index (κ1) is 21.9. The van der Waals surface area contributed by atoms with Crippen molar-refractivity contribution in [3.63, 3.8) is 0 Å². The van der Waals surface area contributed by atoms with E-state index in [1.807, 2.05) is 77.4 Å². The highest BCUT2D eigenvalue weighted by Crippen LogP contribution is 2.34. The Labute approximate surface area is 195 Å². The zero-order valence-corrected chi connectivity index (χ0v) is 18.8. The first-order valence-corrected chi connectivity index (χ1v) is 11.2. The van der Waals surface area contributed by atoms with Crippen molar-refractivity contribution in [2.45, 2.75) is 11.8 Å². The zero-order chi connectivity index (χ0) is 22.3. The minimum Gasteiger partial charge on any atom is -0.495 e. The molecule has 1 aromatic heterocycles. The molecule has 0 aliphatic rings. The van der Waals surface area contributed by atoms with E-state index in [0.29, 0.717) is 21.8 Å². The van der Waals surface area contributed by atoms with Gasteiger partial charge in [-0.3, -0.25) is 9.36 Å². The molecule has 4 aromatic rings. The summed E-state index contributed by atoms with van der Waals surface area (Å²) in [7, 11) is 1.60. The van der Waals surface area contributed by atoms with Gasteiger partial charge in [0.25, 0.3) is 0 Å². The fraction of sp³-hybridized carbons (Fsp3) is 0.125. The molecule has 8 heteroatoms. The summed E-state index contributed by atoms with van der Waals surface area (Å²) in [6, 6.07) is 24.5. The molecular weight excluding hydrogens is 446 g/mol. The number of hydrogen-bond acceptors (Lipinski definition) is 6. The Morgan fingerprint density at radius 3 is 2.47 bits per heavy atom. The predicted molar refractivity (Wildman–Crippen MR) is 125 cm³/mol. The van der Waals surface area contributed by atoms with Gasteiger partial charge in [-0.25, -0.2) is 0 Å². The third-order valence-electron chi connectivity index (χ3n) is 4.64. The van der Waals surface area contributed by atoms with E-state index in [0.717, 1.165) is 16.8 Å². The van der Waals surface area contributed by atoms with E-state index in [1.54, 1.807) is 13.2 Å². The molecule has 0 atom stereocenters. The first-order valence-electron chi connectivity index (χ1n) is 9.83. The Hall–Kier alpha value is -3.29. The molecular formula is C24H20ClN3O3S. The topological polar surface area (TPSA) is 66.2 Å². The Kier molecular flexibility index (Phi) is 7.09. The van der Waals surface area contributed by atoms with E-state index in [2.05, 4.69) is 10.2 Å². The highest BCUT2D eigenvalue weighted by molar-refractivity contribution is 7.99. The monoisotopic (exact) mass is 465 g/mol. The number of nitrogens with zero attached hydrogens (tertiary/aromatic N) is 3. The summed E-state index contributed by atoms with van der Waals surface area (Å²) in [6.45, 7) is 0.226. The van der Waals surface area contributed by atoms with Gasteiger partial charge in [-0.1, -0.05) is 78.0 Å². The quantitative estimate of drug-likeness (QED) is 0.255.